The fourth-order valence-corrected chi connectivity index (χ4v) is 1.46. The molecule has 1 aromatic rings. The highest BCUT2D eigenvalue weighted by Crippen LogP contribution is 2.23. The Balaban J connectivity index is 2.92. The predicted octanol–water partition coefficient (Wildman–Crippen LogP) is 1.94. The summed E-state index contributed by atoms with van der Waals surface area (Å²) in [6, 6.07) is 0.192. The summed E-state index contributed by atoms with van der Waals surface area (Å²) >= 11 is 0. The second-order valence-corrected chi connectivity index (χ2v) is 3.75. The van der Waals surface area contributed by atoms with Crippen molar-refractivity contribution in [2.45, 2.75) is 32.7 Å². The lowest BCUT2D eigenvalue weighted by Crippen LogP contribution is -2.15. The van der Waals surface area contributed by atoms with E-state index >= 15 is 0 Å². The van der Waals surface area contributed by atoms with Crippen LogP contribution in [-0.4, -0.2) is 15.8 Å². The fraction of sp³-hybridized carbons (Fsp3) is 0.545. The highest BCUT2D eigenvalue weighted by molar-refractivity contribution is 5.65. The van der Waals surface area contributed by atoms with Crippen LogP contribution in [0.2, 0.25) is 0 Å². The molecule has 1 aromatic heterocycles. The molecule has 0 saturated carbocycles. The highest BCUT2D eigenvalue weighted by Gasteiger charge is 2.13. The van der Waals surface area contributed by atoms with E-state index in [9.17, 15) is 0 Å². The number of nitrogens with zero attached hydrogens (tertiary/aromatic N) is 2. The van der Waals surface area contributed by atoms with Crippen LogP contribution >= 0.6 is 0 Å². The van der Waals surface area contributed by atoms with Gasteiger partial charge in [-0.25, -0.2) is 0 Å². The summed E-state index contributed by atoms with van der Waals surface area (Å²) in [4.78, 5) is 0. The molecule has 84 valence electrons. The number of anilines is 2. The third-order valence-corrected chi connectivity index (χ3v) is 2.37. The number of aromatic nitrogens is 2. The summed E-state index contributed by atoms with van der Waals surface area (Å²) in [6.07, 6.45) is 3.81. The first-order chi connectivity index (χ1) is 7.10. The number of nitrogens with two attached hydrogens (primary N) is 1. The number of hydrogen-bond donors (Lipinski definition) is 2. The van der Waals surface area contributed by atoms with E-state index in [4.69, 9.17) is 5.73 Å². The van der Waals surface area contributed by atoms with Crippen molar-refractivity contribution in [1.82, 2.24) is 9.78 Å². The van der Waals surface area contributed by atoms with Gasteiger partial charge in [0.25, 0.3) is 0 Å². The van der Waals surface area contributed by atoms with Gasteiger partial charge in [-0.05, 0) is 13.3 Å². The largest absolute Gasteiger partial charge is 0.394 e. The lowest BCUT2D eigenvalue weighted by molar-refractivity contribution is 0.732. The minimum Gasteiger partial charge on any atom is -0.394 e. The molecule has 0 bridgehead atoms. The van der Waals surface area contributed by atoms with Crippen molar-refractivity contribution in [3.63, 3.8) is 0 Å². The van der Waals surface area contributed by atoms with E-state index in [-0.39, 0.29) is 6.04 Å². The first kappa shape index (κ1) is 11.6. The Morgan fingerprint density at radius 3 is 2.87 bits per heavy atom. The molecule has 0 saturated heterocycles. The topological polar surface area (TPSA) is 55.9 Å². The van der Waals surface area contributed by atoms with E-state index in [2.05, 4.69) is 23.9 Å². The molecule has 1 rings (SSSR count). The first-order valence-electron chi connectivity index (χ1n) is 5.30. The molecule has 1 heterocycles. The lowest BCUT2D eigenvalue weighted by Gasteiger charge is -2.11. The minimum absolute atomic E-state index is 0.192. The number of nitrogen functional groups attached to an aromatic ring is 1. The van der Waals surface area contributed by atoms with Gasteiger partial charge in [-0.1, -0.05) is 19.4 Å². The Kier molecular flexibility index (Phi) is 3.77. The summed E-state index contributed by atoms with van der Waals surface area (Å²) in [5.74, 6) is 0.880. The summed E-state index contributed by atoms with van der Waals surface area (Å²) in [7, 11) is 1.90. The Bertz CT molecular complexity index is 341. The van der Waals surface area contributed by atoms with Gasteiger partial charge >= 0.3 is 0 Å². The number of nitrogens with one attached hydrogen (secondary N) is 1. The Labute approximate surface area is 91.2 Å². The Hall–Kier alpha value is -1.45. The summed E-state index contributed by atoms with van der Waals surface area (Å²) < 4.78 is 1.79. The number of hydrogen-bond acceptors (Lipinski definition) is 3. The third-order valence-electron chi connectivity index (χ3n) is 2.37. The molecule has 4 heteroatoms. The molecule has 0 aromatic carbocycles. The Morgan fingerprint density at radius 1 is 1.67 bits per heavy atom. The van der Waals surface area contributed by atoms with Gasteiger partial charge in [-0.15, -0.1) is 6.58 Å². The van der Waals surface area contributed by atoms with Gasteiger partial charge in [0.2, 0.25) is 0 Å². The molecule has 4 nitrogen and oxygen atoms in total. The monoisotopic (exact) mass is 208 g/mol. The van der Waals surface area contributed by atoms with Crippen molar-refractivity contribution in [1.29, 1.82) is 0 Å². The lowest BCUT2D eigenvalue weighted by atomic mass is 10.2. The molecule has 1 unspecified atom stereocenters. The normalized spacial score (nSPS) is 12.5. The van der Waals surface area contributed by atoms with Crippen LogP contribution in [0, 0.1) is 0 Å². The van der Waals surface area contributed by atoms with Crippen LogP contribution in [0.1, 0.15) is 26.0 Å². The molecule has 0 radical (unpaired) electrons. The van der Waals surface area contributed by atoms with Gasteiger partial charge in [-0.3, -0.25) is 4.68 Å². The zero-order valence-electron chi connectivity index (χ0n) is 9.75. The van der Waals surface area contributed by atoms with Crippen LogP contribution in [0.15, 0.2) is 12.7 Å². The van der Waals surface area contributed by atoms with Crippen molar-refractivity contribution >= 4 is 11.5 Å². The van der Waals surface area contributed by atoms with Gasteiger partial charge < -0.3 is 11.1 Å². The maximum atomic E-state index is 6.01. The molecule has 0 aliphatic carbocycles. The van der Waals surface area contributed by atoms with Gasteiger partial charge in [0.05, 0.1) is 11.4 Å². The van der Waals surface area contributed by atoms with E-state index in [0.717, 1.165) is 30.0 Å². The smallest absolute Gasteiger partial charge is 0.148 e. The van der Waals surface area contributed by atoms with Crippen molar-refractivity contribution in [3.8, 4) is 0 Å². The predicted molar refractivity (Wildman–Crippen MR) is 64.9 cm³/mol. The van der Waals surface area contributed by atoms with E-state index in [1.807, 2.05) is 20.0 Å². The van der Waals surface area contributed by atoms with Crippen LogP contribution < -0.4 is 11.1 Å². The number of rotatable bonds is 5. The van der Waals surface area contributed by atoms with E-state index in [1.54, 1.807) is 4.68 Å². The van der Waals surface area contributed by atoms with E-state index in [1.165, 1.54) is 0 Å². The van der Waals surface area contributed by atoms with E-state index in [0.29, 0.717) is 0 Å². The van der Waals surface area contributed by atoms with Crippen molar-refractivity contribution in [2.24, 2.45) is 7.05 Å². The van der Waals surface area contributed by atoms with Crippen LogP contribution in [0.3, 0.4) is 0 Å². The van der Waals surface area contributed by atoms with Crippen LogP contribution in [0.4, 0.5) is 11.5 Å². The average Bonchev–Trinajstić information content (AvgIpc) is 2.46. The van der Waals surface area contributed by atoms with Gasteiger partial charge in [0.15, 0.2) is 0 Å². The molecule has 1 atom stereocenters. The SMILES string of the molecule is C=CC(C)Nc1c(N)c(CCC)nn1C. The standard InChI is InChI=1S/C11H20N4/c1-5-7-9-10(12)11(15(4)14-9)13-8(3)6-2/h6,8,13H,2,5,7,12H2,1,3-4H3. The molecular weight excluding hydrogens is 188 g/mol. The molecule has 0 spiro atoms. The molecule has 0 aliphatic rings. The second-order valence-electron chi connectivity index (χ2n) is 3.75. The highest BCUT2D eigenvalue weighted by atomic mass is 15.3. The third kappa shape index (κ3) is 2.52. The van der Waals surface area contributed by atoms with Crippen molar-refractivity contribution < 1.29 is 0 Å². The average molecular weight is 208 g/mol. The van der Waals surface area contributed by atoms with Gasteiger partial charge in [0.1, 0.15) is 5.82 Å². The maximum absolute atomic E-state index is 6.01. The van der Waals surface area contributed by atoms with Gasteiger partial charge in [0, 0.05) is 13.1 Å². The quantitative estimate of drug-likeness (QED) is 0.727. The fourth-order valence-electron chi connectivity index (χ4n) is 1.46. The van der Waals surface area contributed by atoms with Crippen LogP contribution in [0.5, 0.6) is 0 Å². The minimum atomic E-state index is 0.192. The summed E-state index contributed by atoms with van der Waals surface area (Å²) in [6.45, 7) is 7.87. The first-order valence-corrected chi connectivity index (χ1v) is 5.30. The molecule has 0 fully saturated rings. The maximum Gasteiger partial charge on any atom is 0.148 e. The number of aryl methyl sites for hydroxylation is 2. The molecule has 0 amide bonds. The van der Waals surface area contributed by atoms with Crippen LogP contribution in [0.25, 0.3) is 0 Å². The summed E-state index contributed by atoms with van der Waals surface area (Å²) in [5.41, 5.74) is 7.74. The van der Waals surface area contributed by atoms with Crippen molar-refractivity contribution in [2.75, 3.05) is 11.1 Å². The van der Waals surface area contributed by atoms with E-state index < -0.39 is 0 Å². The Morgan fingerprint density at radius 2 is 2.33 bits per heavy atom. The zero-order chi connectivity index (χ0) is 11.4. The molecule has 15 heavy (non-hydrogen) atoms. The second kappa shape index (κ2) is 4.87. The molecule has 3 N–H and O–H groups in total. The van der Waals surface area contributed by atoms with Gasteiger partial charge in [-0.2, -0.15) is 5.10 Å². The molecular formula is C11H20N4. The molecule has 0 aliphatic heterocycles. The van der Waals surface area contributed by atoms with Crippen molar-refractivity contribution in [3.05, 3.63) is 18.3 Å². The zero-order valence-corrected chi connectivity index (χ0v) is 9.75. The summed E-state index contributed by atoms with van der Waals surface area (Å²) in [5, 5.41) is 7.65. The van der Waals surface area contributed by atoms with Crippen LogP contribution in [-0.2, 0) is 13.5 Å².